The Hall–Kier alpha value is -1.72. The van der Waals surface area contributed by atoms with Crippen LogP contribution in [0.4, 0.5) is 5.69 Å². The molecule has 0 aliphatic heterocycles. The molecule has 1 aromatic carbocycles. The van der Waals surface area contributed by atoms with Gasteiger partial charge < -0.3 is 10.1 Å². The Morgan fingerprint density at radius 3 is 2.60 bits per heavy atom. The average Bonchev–Trinajstić information content (AvgIpc) is 3.23. The lowest BCUT2D eigenvalue weighted by Crippen LogP contribution is -2.04. The van der Waals surface area contributed by atoms with Gasteiger partial charge in [0.05, 0.1) is 0 Å². The molecule has 0 saturated heterocycles. The molecule has 2 rings (SSSR count). The molecular formula is C18H25NO. The van der Waals surface area contributed by atoms with E-state index in [0.29, 0.717) is 6.04 Å². The van der Waals surface area contributed by atoms with Crippen molar-refractivity contribution in [2.24, 2.45) is 0 Å². The lowest BCUT2D eigenvalue weighted by molar-refractivity contribution is 0.277. The van der Waals surface area contributed by atoms with Crippen molar-refractivity contribution < 1.29 is 4.74 Å². The van der Waals surface area contributed by atoms with E-state index in [1.165, 1.54) is 24.0 Å². The molecule has 0 bridgehead atoms. The number of terminal acetylenes is 1. The van der Waals surface area contributed by atoms with Gasteiger partial charge >= 0.3 is 0 Å². The molecule has 0 amide bonds. The number of allylic oxidation sites excluding steroid dienone is 1. The molecule has 20 heavy (non-hydrogen) atoms. The van der Waals surface area contributed by atoms with Crippen LogP contribution < -0.4 is 5.32 Å². The Kier molecular flexibility index (Phi) is 6.90. The first kappa shape index (κ1) is 16.3. The van der Waals surface area contributed by atoms with E-state index in [1.807, 2.05) is 6.07 Å². The summed E-state index contributed by atoms with van der Waals surface area (Å²) in [6, 6.07) is 6.79. The number of rotatable bonds is 5. The summed E-state index contributed by atoms with van der Waals surface area (Å²) in [5.41, 5.74) is 4.50. The van der Waals surface area contributed by atoms with E-state index in [4.69, 9.17) is 6.42 Å². The fourth-order valence-corrected chi connectivity index (χ4v) is 1.95. The number of benzene rings is 1. The van der Waals surface area contributed by atoms with Crippen molar-refractivity contribution in [3.8, 4) is 12.3 Å². The number of hydrogen-bond donors (Lipinski definition) is 1. The van der Waals surface area contributed by atoms with Crippen LogP contribution in [-0.2, 0) is 4.74 Å². The van der Waals surface area contributed by atoms with E-state index < -0.39 is 0 Å². The van der Waals surface area contributed by atoms with Crippen LogP contribution in [0.25, 0.3) is 5.57 Å². The molecule has 1 saturated carbocycles. The highest BCUT2D eigenvalue weighted by Crippen LogP contribution is 2.31. The first-order chi connectivity index (χ1) is 9.65. The predicted molar refractivity (Wildman–Crippen MR) is 87.9 cm³/mol. The molecule has 1 aliphatic rings. The van der Waals surface area contributed by atoms with Gasteiger partial charge in [-0.05, 0) is 37.0 Å². The van der Waals surface area contributed by atoms with Crippen LogP contribution in [0.3, 0.4) is 0 Å². The fraction of sp³-hybridized carbons (Fsp3) is 0.444. The third kappa shape index (κ3) is 5.11. The van der Waals surface area contributed by atoms with Gasteiger partial charge in [-0.25, -0.2) is 0 Å². The van der Waals surface area contributed by atoms with Crippen LogP contribution >= 0.6 is 0 Å². The molecule has 2 nitrogen and oxygen atoms in total. The largest absolute Gasteiger partial charge is 0.388 e. The van der Waals surface area contributed by atoms with Gasteiger partial charge in [0.15, 0.2) is 0 Å². The predicted octanol–water partition coefficient (Wildman–Crippen LogP) is 4.32. The summed E-state index contributed by atoms with van der Waals surface area (Å²) in [4.78, 5) is 0. The normalized spacial score (nSPS) is 12.9. The van der Waals surface area contributed by atoms with Gasteiger partial charge in [-0.15, -0.1) is 6.42 Å². The van der Waals surface area contributed by atoms with Gasteiger partial charge in [0.25, 0.3) is 0 Å². The van der Waals surface area contributed by atoms with E-state index in [9.17, 15) is 0 Å². The zero-order chi connectivity index (χ0) is 15.0. The number of ether oxygens (including phenoxy) is 1. The van der Waals surface area contributed by atoms with Crippen LogP contribution in [0.2, 0.25) is 0 Å². The zero-order valence-corrected chi connectivity index (χ0v) is 12.8. The maximum absolute atomic E-state index is 5.45. The van der Waals surface area contributed by atoms with E-state index >= 15 is 0 Å². The van der Waals surface area contributed by atoms with Gasteiger partial charge in [-0.2, -0.15) is 0 Å². The third-order valence-corrected chi connectivity index (χ3v) is 3.06. The van der Waals surface area contributed by atoms with Crippen LogP contribution in [0.5, 0.6) is 0 Å². The molecule has 1 aromatic rings. The molecule has 0 radical (unpaired) electrons. The quantitative estimate of drug-likeness (QED) is 0.805. The SMILES string of the molecule is C#Cc1ccc(C(=C)CCC)c(NC2CC2)c1.COC. The third-order valence-electron chi connectivity index (χ3n) is 3.06. The molecule has 1 N–H and O–H groups in total. The fourth-order valence-electron chi connectivity index (χ4n) is 1.95. The minimum Gasteiger partial charge on any atom is -0.388 e. The smallest absolute Gasteiger partial charge is 0.0431 e. The van der Waals surface area contributed by atoms with Crippen molar-refractivity contribution in [3.63, 3.8) is 0 Å². The number of anilines is 1. The molecule has 2 heteroatoms. The van der Waals surface area contributed by atoms with E-state index in [0.717, 1.165) is 24.1 Å². The summed E-state index contributed by atoms with van der Waals surface area (Å²) in [7, 11) is 3.25. The maximum atomic E-state index is 5.45. The molecule has 0 atom stereocenters. The Morgan fingerprint density at radius 1 is 1.45 bits per heavy atom. The summed E-state index contributed by atoms with van der Waals surface area (Å²) in [5, 5.41) is 3.54. The second-order valence-corrected chi connectivity index (χ2v) is 5.09. The standard InChI is InChI=1S/C16H19N.C2H6O/c1-4-6-12(3)15-10-7-13(5-2)11-16(15)17-14-8-9-14;1-3-2/h2,7,10-11,14,17H,3-4,6,8-9H2,1H3;1-2H3. The van der Waals surface area contributed by atoms with Crippen molar-refractivity contribution >= 4 is 11.3 Å². The van der Waals surface area contributed by atoms with Crippen LogP contribution in [-0.4, -0.2) is 20.3 Å². The Morgan fingerprint density at radius 2 is 2.10 bits per heavy atom. The van der Waals surface area contributed by atoms with E-state index in [1.54, 1.807) is 14.2 Å². The molecule has 1 aliphatic carbocycles. The zero-order valence-electron chi connectivity index (χ0n) is 12.8. The minimum atomic E-state index is 0.635. The summed E-state index contributed by atoms with van der Waals surface area (Å²) in [6.45, 7) is 6.34. The Balaban J connectivity index is 0.000000612. The first-order valence-electron chi connectivity index (χ1n) is 7.11. The molecule has 0 aromatic heterocycles. The van der Waals surface area contributed by atoms with E-state index in [-0.39, 0.29) is 0 Å². The average molecular weight is 271 g/mol. The van der Waals surface area contributed by atoms with Crippen LogP contribution in [0, 0.1) is 12.3 Å². The van der Waals surface area contributed by atoms with Crippen molar-refractivity contribution in [3.05, 3.63) is 35.9 Å². The molecule has 0 spiro atoms. The summed E-state index contributed by atoms with van der Waals surface area (Å²) >= 11 is 0. The van der Waals surface area contributed by atoms with Gasteiger partial charge in [-0.3, -0.25) is 0 Å². The topological polar surface area (TPSA) is 21.3 Å². The number of nitrogens with one attached hydrogen (secondary N) is 1. The van der Waals surface area contributed by atoms with Crippen LogP contribution in [0.1, 0.15) is 43.7 Å². The lowest BCUT2D eigenvalue weighted by Gasteiger charge is -2.14. The highest BCUT2D eigenvalue weighted by molar-refractivity contribution is 5.76. The van der Waals surface area contributed by atoms with Crippen molar-refractivity contribution in [1.29, 1.82) is 0 Å². The van der Waals surface area contributed by atoms with Gasteiger partial charge in [0, 0.05) is 37.1 Å². The Bertz CT molecular complexity index is 481. The van der Waals surface area contributed by atoms with Crippen molar-refractivity contribution in [2.45, 2.75) is 38.6 Å². The Labute approximate surface area is 123 Å². The molecule has 0 unspecified atom stereocenters. The van der Waals surface area contributed by atoms with Gasteiger partial charge in [-0.1, -0.05) is 31.9 Å². The molecule has 108 valence electrons. The van der Waals surface area contributed by atoms with Crippen molar-refractivity contribution in [1.82, 2.24) is 0 Å². The van der Waals surface area contributed by atoms with Gasteiger partial charge in [0.1, 0.15) is 0 Å². The van der Waals surface area contributed by atoms with Gasteiger partial charge in [0.2, 0.25) is 0 Å². The summed E-state index contributed by atoms with van der Waals surface area (Å²) in [5.74, 6) is 2.69. The molecule has 0 heterocycles. The number of methoxy groups -OCH3 is 1. The molecular weight excluding hydrogens is 246 g/mol. The van der Waals surface area contributed by atoms with Crippen molar-refractivity contribution in [2.75, 3.05) is 19.5 Å². The lowest BCUT2D eigenvalue weighted by atomic mass is 9.99. The highest BCUT2D eigenvalue weighted by Gasteiger charge is 2.22. The minimum absolute atomic E-state index is 0.635. The maximum Gasteiger partial charge on any atom is 0.0431 e. The highest BCUT2D eigenvalue weighted by atomic mass is 16.4. The first-order valence-corrected chi connectivity index (χ1v) is 7.11. The second-order valence-electron chi connectivity index (χ2n) is 5.09. The summed E-state index contributed by atoms with van der Waals surface area (Å²) in [6.07, 6.45) is 10.1. The number of hydrogen-bond acceptors (Lipinski definition) is 2. The van der Waals surface area contributed by atoms with E-state index in [2.05, 4.69) is 41.6 Å². The monoisotopic (exact) mass is 271 g/mol. The summed E-state index contributed by atoms with van der Waals surface area (Å²) < 4.78 is 4.25. The van der Waals surface area contributed by atoms with Crippen LogP contribution in [0.15, 0.2) is 24.8 Å². The second kappa shape index (κ2) is 8.45. The molecule has 1 fully saturated rings.